The molecule has 2 amide bonds. The number of nitrogens with one attached hydrogen (secondary N) is 1. The average Bonchev–Trinajstić information content (AvgIpc) is 2.73. The molecule has 1 unspecified atom stereocenters. The Hall–Kier alpha value is -3.28. The first-order valence-corrected chi connectivity index (χ1v) is 9.27. The third kappa shape index (κ3) is 5.69. The fraction of sp³-hybridized carbons (Fsp3) is 0.300. The molecule has 0 radical (unpaired) electrons. The molecule has 1 N–H and O–H groups in total. The Balaban J connectivity index is 1.83. The highest BCUT2D eigenvalue weighted by molar-refractivity contribution is 5.97. The van der Waals surface area contributed by atoms with E-state index in [1.54, 1.807) is 6.92 Å². The van der Waals surface area contributed by atoms with Crippen LogP contribution >= 0.6 is 0 Å². The maximum atomic E-state index is 13.0. The van der Waals surface area contributed by atoms with Gasteiger partial charge in [-0.3, -0.25) is 0 Å². The summed E-state index contributed by atoms with van der Waals surface area (Å²) in [6.07, 6.45) is -10.1. The van der Waals surface area contributed by atoms with Gasteiger partial charge in [-0.25, -0.2) is 9.80 Å². The smallest absolute Gasteiger partial charge is 0.416 e. The van der Waals surface area contributed by atoms with E-state index in [9.17, 15) is 31.1 Å². The predicted molar refractivity (Wildman–Crippen MR) is 102 cm³/mol. The summed E-state index contributed by atoms with van der Waals surface area (Å²) >= 11 is 0. The van der Waals surface area contributed by atoms with Crippen molar-refractivity contribution in [1.29, 1.82) is 0 Å². The first-order chi connectivity index (χ1) is 15.0. The fourth-order valence-corrected chi connectivity index (χ4v) is 2.76. The number of amides is 2. The van der Waals surface area contributed by atoms with E-state index in [1.165, 1.54) is 12.1 Å². The molecule has 0 spiro atoms. The van der Waals surface area contributed by atoms with Crippen molar-refractivity contribution in [2.75, 3.05) is 18.5 Å². The molecule has 3 rings (SSSR count). The van der Waals surface area contributed by atoms with E-state index in [0.29, 0.717) is 0 Å². The number of alkyl halides is 6. The van der Waals surface area contributed by atoms with Crippen molar-refractivity contribution >= 4 is 17.6 Å². The van der Waals surface area contributed by atoms with Crippen molar-refractivity contribution in [3.05, 3.63) is 65.2 Å². The highest BCUT2D eigenvalue weighted by atomic mass is 19.4. The van der Waals surface area contributed by atoms with Crippen molar-refractivity contribution in [3.63, 3.8) is 0 Å². The van der Waals surface area contributed by atoms with Gasteiger partial charge < -0.3 is 14.8 Å². The Morgan fingerprint density at radius 1 is 1.09 bits per heavy atom. The minimum Gasteiger partial charge on any atom is -0.444 e. The lowest BCUT2D eigenvalue weighted by atomic mass is 10.1. The van der Waals surface area contributed by atoms with Crippen LogP contribution in [0.15, 0.2) is 53.6 Å². The molecule has 1 atom stereocenters. The zero-order valence-corrected chi connectivity index (χ0v) is 16.5. The number of ether oxygens (including phenoxy) is 2. The fourth-order valence-electron chi connectivity index (χ4n) is 2.76. The molecule has 1 heterocycles. The second-order valence-electron chi connectivity index (χ2n) is 6.57. The summed E-state index contributed by atoms with van der Waals surface area (Å²) in [5.41, 5.74) is -1.78. The third-order valence-electron chi connectivity index (χ3n) is 4.26. The van der Waals surface area contributed by atoms with Gasteiger partial charge in [0.1, 0.15) is 6.54 Å². The topological polar surface area (TPSA) is 63.2 Å². The highest BCUT2D eigenvalue weighted by Gasteiger charge is 2.33. The quantitative estimate of drug-likeness (QED) is 0.628. The Kier molecular flexibility index (Phi) is 6.63. The highest BCUT2D eigenvalue weighted by Crippen LogP contribution is 2.31. The van der Waals surface area contributed by atoms with E-state index in [-0.39, 0.29) is 30.3 Å². The molecule has 12 heteroatoms. The van der Waals surface area contributed by atoms with Gasteiger partial charge >= 0.3 is 18.4 Å². The van der Waals surface area contributed by atoms with Crippen LogP contribution in [0.5, 0.6) is 0 Å². The molecule has 32 heavy (non-hydrogen) atoms. The second kappa shape index (κ2) is 9.07. The van der Waals surface area contributed by atoms with Crippen molar-refractivity contribution in [1.82, 2.24) is 5.01 Å². The number of nitrogens with zero attached hydrogens (tertiary/aromatic N) is 2. The molecule has 2 aromatic carbocycles. The van der Waals surface area contributed by atoms with E-state index in [4.69, 9.17) is 9.47 Å². The van der Waals surface area contributed by atoms with E-state index >= 15 is 0 Å². The van der Waals surface area contributed by atoms with Crippen LogP contribution in [0.3, 0.4) is 0 Å². The lowest BCUT2D eigenvalue weighted by molar-refractivity contribution is -0.138. The molecule has 1 aliphatic rings. The summed E-state index contributed by atoms with van der Waals surface area (Å²) in [6, 6.07) is 7.10. The average molecular weight is 461 g/mol. The first-order valence-electron chi connectivity index (χ1n) is 9.27. The largest absolute Gasteiger partial charge is 0.444 e. The number of carbonyl (C=O) groups excluding carboxylic acids is 1. The molecule has 6 nitrogen and oxygen atoms in total. The number of hydrazone groups is 1. The van der Waals surface area contributed by atoms with Crippen molar-refractivity contribution in [2.45, 2.75) is 25.6 Å². The number of hydrogen-bond donors (Lipinski definition) is 1. The lowest BCUT2D eigenvalue weighted by Crippen LogP contribution is -2.44. The van der Waals surface area contributed by atoms with Crippen LogP contribution in [0.25, 0.3) is 0 Å². The third-order valence-corrected chi connectivity index (χ3v) is 4.26. The van der Waals surface area contributed by atoms with Gasteiger partial charge in [0.05, 0.1) is 11.1 Å². The minimum atomic E-state index is -4.59. The summed E-state index contributed by atoms with van der Waals surface area (Å²) in [6.45, 7) is 1.66. The second-order valence-corrected chi connectivity index (χ2v) is 6.57. The maximum Gasteiger partial charge on any atom is 0.416 e. The van der Waals surface area contributed by atoms with Crippen molar-refractivity contribution in [3.8, 4) is 0 Å². The molecule has 0 aliphatic carbocycles. The number of halogens is 6. The summed E-state index contributed by atoms with van der Waals surface area (Å²) in [5, 5.41) is 7.20. The monoisotopic (exact) mass is 461 g/mol. The first kappa shape index (κ1) is 23.4. The van der Waals surface area contributed by atoms with Gasteiger partial charge in [-0.05, 0) is 49.4 Å². The predicted octanol–water partition coefficient (Wildman–Crippen LogP) is 5.31. The van der Waals surface area contributed by atoms with Crippen LogP contribution in [-0.4, -0.2) is 36.4 Å². The Morgan fingerprint density at radius 3 is 2.34 bits per heavy atom. The number of hydrogen-bond acceptors (Lipinski definition) is 4. The van der Waals surface area contributed by atoms with Crippen LogP contribution < -0.4 is 5.32 Å². The molecule has 0 fully saturated rings. The maximum absolute atomic E-state index is 13.0. The van der Waals surface area contributed by atoms with Gasteiger partial charge in [-0.2, -0.15) is 26.3 Å². The van der Waals surface area contributed by atoms with Gasteiger partial charge in [0.15, 0.2) is 0 Å². The molecule has 1 aliphatic heterocycles. The van der Waals surface area contributed by atoms with Crippen molar-refractivity contribution in [2.24, 2.45) is 5.10 Å². The van der Waals surface area contributed by atoms with Gasteiger partial charge in [-0.15, -0.1) is 5.10 Å². The summed E-state index contributed by atoms with van der Waals surface area (Å²) in [5.74, 6) is -0.275. The van der Waals surface area contributed by atoms with Gasteiger partial charge in [0.2, 0.25) is 12.2 Å². The Morgan fingerprint density at radius 2 is 1.75 bits per heavy atom. The molecule has 2 aromatic rings. The Bertz CT molecular complexity index is 989. The molecule has 172 valence electrons. The zero-order chi connectivity index (χ0) is 23.5. The molecular formula is C20H17F6N3O3. The molecule has 0 aromatic heterocycles. The molecule has 0 bridgehead atoms. The normalized spacial score (nSPS) is 16.9. The van der Waals surface area contributed by atoms with E-state index in [0.717, 1.165) is 41.4 Å². The summed E-state index contributed by atoms with van der Waals surface area (Å²) < 4.78 is 88.0. The number of urea groups is 1. The van der Waals surface area contributed by atoms with Crippen molar-refractivity contribution < 1.29 is 40.6 Å². The van der Waals surface area contributed by atoms with E-state index in [1.807, 2.05) is 0 Å². The zero-order valence-electron chi connectivity index (χ0n) is 16.5. The molecular weight excluding hydrogens is 444 g/mol. The van der Waals surface area contributed by atoms with Crippen LogP contribution in [-0.2, 0) is 21.8 Å². The number of anilines is 1. The Labute approximate surface area is 178 Å². The lowest BCUT2D eigenvalue weighted by Gasteiger charge is -2.30. The van der Waals surface area contributed by atoms with Crippen LogP contribution in [0.4, 0.5) is 36.8 Å². The minimum absolute atomic E-state index is 0.0310. The number of rotatable bonds is 4. The van der Waals surface area contributed by atoms with E-state index < -0.39 is 35.8 Å². The number of carbonyl (C=O) groups is 1. The van der Waals surface area contributed by atoms with Gasteiger partial charge in [0, 0.05) is 17.9 Å². The number of benzene rings is 2. The van der Waals surface area contributed by atoms with Gasteiger partial charge in [0.25, 0.3) is 0 Å². The van der Waals surface area contributed by atoms with Gasteiger partial charge in [-0.1, -0.05) is 6.07 Å². The van der Waals surface area contributed by atoms with Crippen LogP contribution in [0.2, 0.25) is 0 Å². The van der Waals surface area contributed by atoms with Crippen LogP contribution in [0.1, 0.15) is 23.6 Å². The summed E-state index contributed by atoms with van der Waals surface area (Å²) in [7, 11) is 0. The van der Waals surface area contributed by atoms with E-state index in [2.05, 4.69) is 10.4 Å². The standard InChI is InChI=1S/C20H17F6N3O3/c1-2-31-16-11-29(18(30)27-15-8-6-13(7-9-15)19(21,22)23)28-17(32-16)12-4-3-5-14(10-12)20(24,25)26/h3-10,16H,2,11H2,1H3,(H,27,30). The molecule has 0 saturated heterocycles. The molecule has 0 saturated carbocycles. The SMILES string of the molecule is CCOC1CN(C(=O)Nc2ccc(C(F)(F)F)cc2)N=C(c2cccc(C(F)(F)F)c2)O1. The summed E-state index contributed by atoms with van der Waals surface area (Å²) in [4.78, 5) is 12.6. The van der Waals surface area contributed by atoms with Crippen LogP contribution in [0, 0.1) is 0 Å².